The number of ether oxygens (including phenoxy) is 1. The second-order valence-corrected chi connectivity index (χ2v) is 7.62. The van der Waals surface area contributed by atoms with E-state index in [4.69, 9.17) is 0 Å². The smallest absolute Gasteiger partial charge is 0.416 e. The summed E-state index contributed by atoms with van der Waals surface area (Å²) in [7, 11) is 0. The van der Waals surface area contributed by atoms with Gasteiger partial charge in [0.2, 0.25) is 5.95 Å². The number of alkyl halides is 5. The minimum absolute atomic E-state index is 0.00586. The van der Waals surface area contributed by atoms with Gasteiger partial charge in [-0.3, -0.25) is 4.40 Å². The van der Waals surface area contributed by atoms with Crippen LogP contribution in [-0.2, 0) is 6.18 Å². The van der Waals surface area contributed by atoms with Gasteiger partial charge in [0.25, 0.3) is 0 Å². The fraction of sp³-hybridized carbons (Fsp3) is 0.429. The van der Waals surface area contributed by atoms with Crippen molar-refractivity contribution in [2.75, 3.05) is 18.4 Å². The Labute approximate surface area is 180 Å². The van der Waals surface area contributed by atoms with Crippen molar-refractivity contribution in [3.63, 3.8) is 0 Å². The molecule has 0 spiro atoms. The number of rotatable bonds is 5. The topological polar surface area (TPSA) is 63.5 Å². The summed E-state index contributed by atoms with van der Waals surface area (Å²) < 4.78 is 71.2. The van der Waals surface area contributed by atoms with E-state index < -0.39 is 24.1 Å². The van der Waals surface area contributed by atoms with Gasteiger partial charge >= 0.3 is 12.8 Å². The van der Waals surface area contributed by atoms with E-state index in [0.29, 0.717) is 17.5 Å². The molecular weight excluding hydrogens is 433 g/mol. The number of anilines is 1. The summed E-state index contributed by atoms with van der Waals surface area (Å²) in [5.41, 5.74) is -0.458. The average Bonchev–Trinajstić information content (AvgIpc) is 3.19. The van der Waals surface area contributed by atoms with Crippen molar-refractivity contribution in [3.8, 4) is 17.0 Å². The van der Waals surface area contributed by atoms with Gasteiger partial charge in [0.1, 0.15) is 11.4 Å². The molecule has 1 saturated heterocycles. The molecular formula is C21H22F5N5O. The molecule has 1 fully saturated rings. The molecule has 3 aromatic rings. The monoisotopic (exact) mass is 455 g/mol. The summed E-state index contributed by atoms with van der Waals surface area (Å²) in [5, 5.41) is 15.1. The minimum atomic E-state index is -4.70. The maximum Gasteiger partial charge on any atom is 0.416 e. The van der Waals surface area contributed by atoms with Gasteiger partial charge in [-0.1, -0.05) is 12.8 Å². The summed E-state index contributed by atoms with van der Waals surface area (Å²) in [6, 6.07) is 5.97. The third kappa shape index (κ3) is 4.93. The Bertz CT molecular complexity index is 1060. The van der Waals surface area contributed by atoms with Gasteiger partial charge < -0.3 is 15.4 Å². The van der Waals surface area contributed by atoms with Crippen molar-refractivity contribution < 1.29 is 26.7 Å². The number of aromatic nitrogens is 3. The predicted octanol–water partition coefficient (Wildman–Crippen LogP) is 4.96. The number of fused-ring (bicyclic) bond motifs is 1. The van der Waals surface area contributed by atoms with Crippen molar-refractivity contribution in [1.29, 1.82) is 0 Å². The van der Waals surface area contributed by atoms with E-state index in [1.165, 1.54) is 0 Å². The van der Waals surface area contributed by atoms with Crippen LogP contribution in [0.5, 0.6) is 5.75 Å². The van der Waals surface area contributed by atoms with Crippen LogP contribution in [0.3, 0.4) is 0 Å². The highest BCUT2D eigenvalue weighted by atomic mass is 19.4. The molecule has 1 aliphatic heterocycles. The zero-order valence-corrected chi connectivity index (χ0v) is 17.0. The van der Waals surface area contributed by atoms with E-state index in [-0.39, 0.29) is 17.3 Å². The van der Waals surface area contributed by atoms with Crippen molar-refractivity contribution >= 4 is 11.5 Å². The zero-order chi connectivity index (χ0) is 22.7. The van der Waals surface area contributed by atoms with Crippen molar-refractivity contribution in [2.24, 2.45) is 0 Å². The molecule has 2 N–H and O–H groups in total. The Morgan fingerprint density at radius 2 is 1.97 bits per heavy atom. The van der Waals surface area contributed by atoms with Crippen LogP contribution in [0.15, 0.2) is 36.5 Å². The number of hydrogen-bond donors (Lipinski definition) is 2. The maximum absolute atomic E-state index is 13.1. The van der Waals surface area contributed by atoms with Crippen LogP contribution in [0.4, 0.5) is 27.9 Å². The third-order valence-electron chi connectivity index (χ3n) is 5.37. The van der Waals surface area contributed by atoms with Crippen molar-refractivity contribution in [3.05, 3.63) is 42.1 Å². The Morgan fingerprint density at radius 1 is 1.12 bits per heavy atom. The maximum atomic E-state index is 13.1. The summed E-state index contributed by atoms with van der Waals surface area (Å²) in [6.45, 7) is -1.58. The number of hydrogen-bond acceptors (Lipinski definition) is 5. The van der Waals surface area contributed by atoms with Crippen molar-refractivity contribution in [2.45, 2.75) is 44.5 Å². The zero-order valence-electron chi connectivity index (χ0n) is 17.0. The molecule has 2 aromatic heterocycles. The van der Waals surface area contributed by atoms with Crippen LogP contribution in [0.25, 0.3) is 16.8 Å². The first kappa shape index (κ1) is 22.3. The minimum Gasteiger partial charge on any atom is -0.434 e. The Morgan fingerprint density at radius 3 is 2.75 bits per heavy atom. The van der Waals surface area contributed by atoms with Crippen LogP contribution >= 0.6 is 0 Å². The lowest BCUT2D eigenvalue weighted by molar-refractivity contribution is -0.138. The average molecular weight is 455 g/mol. The summed E-state index contributed by atoms with van der Waals surface area (Å²) in [5.74, 6) is -0.151. The highest BCUT2D eigenvalue weighted by Gasteiger charge is 2.32. The molecule has 0 unspecified atom stereocenters. The van der Waals surface area contributed by atoms with E-state index in [1.54, 1.807) is 22.7 Å². The van der Waals surface area contributed by atoms with Gasteiger partial charge in [-0.05, 0) is 49.7 Å². The van der Waals surface area contributed by atoms with Gasteiger partial charge in [0, 0.05) is 24.3 Å². The van der Waals surface area contributed by atoms with E-state index in [0.717, 1.165) is 50.9 Å². The highest BCUT2D eigenvalue weighted by molar-refractivity contribution is 5.81. The third-order valence-corrected chi connectivity index (χ3v) is 5.37. The summed E-state index contributed by atoms with van der Waals surface area (Å²) >= 11 is 0. The number of halogens is 5. The lowest BCUT2D eigenvalue weighted by Crippen LogP contribution is -2.35. The van der Waals surface area contributed by atoms with E-state index in [2.05, 4.69) is 25.6 Å². The van der Waals surface area contributed by atoms with Crippen LogP contribution in [0.1, 0.15) is 31.2 Å². The highest BCUT2D eigenvalue weighted by Crippen LogP contribution is 2.38. The molecule has 4 rings (SSSR count). The lowest BCUT2D eigenvalue weighted by Gasteiger charge is -2.23. The first-order valence-electron chi connectivity index (χ1n) is 10.3. The van der Waals surface area contributed by atoms with Crippen LogP contribution in [-0.4, -0.2) is 40.3 Å². The molecule has 1 aromatic carbocycles. The summed E-state index contributed by atoms with van der Waals surface area (Å²) in [4.78, 5) is 0. The SMILES string of the molecule is FC(F)Oc1cc(C(F)(F)F)ccc1-c1nnc(N[C@@H]2CCCCCNC2)n2cccc12. The van der Waals surface area contributed by atoms with Gasteiger partial charge in [-0.2, -0.15) is 22.0 Å². The molecule has 1 aliphatic rings. The number of nitrogens with zero attached hydrogens (tertiary/aromatic N) is 3. The first-order valence-corrected chi connectivity index (χ1v) is 10.3. The molecule has 0 amide bonds. The molecule has 32 heavy (non-hydrogen) atoms. The van der Waals surface area contributed by atoms with Crippen LogP contribution in [0.2, 0.25) is 0 Å². The molecule has 3 heterocycles. The van der Waals surface area contributed by atoms with Gasteiger partial charge in [-0.15, -0.1) is 10.2 Å². The van der Waals surface area contributed by atoms with E-state index in [9.17, 15) is 22.0 Å². The lowest BCUT2D eigenvalue weighted by atomic mass is 10.1. The van der Waals surface area contributed by atoms with Gasteiger partial charge in [0.15, 0.2) is 0 Å². The predicted molar refractivity (Wildman–Crippen MR) is 109 cm³/mol. The fourth-order valence-corrected chi connectivity index (χ4v) is 3.84. The Balaban J connectivity index is 1.71. The second-order valence-electron chi connectivity index (χ2n) is 7.62. The first-order chi connectivity index (χ1) is 15.3. The molecule has 0 aliphatic carbocycles. The van der Waals surface area contributed by atoms with Gasteiger partial charge in [0.05, 0.1) is 11.1 Å². The van der Waals surface area contributed by atoms with Crippen LogP contribution in [0, 0.1) is 0 Å². The summed E-state index contributed by atoms with van der Waals surface area (Å²) in [6.07, 6.45) is 1.33. The molecule has 11 heteroatoms. The molecule has 172 valence electrons. The fourth-order valence-electron chi connectivity index (χ4n) is 3.84. The molecule has 1 atom stereocenters. The van der Waals surface area contributed by atoms with E-state index >= 15 is 0 Å². The van der Waals surface area contributed by atoms with E-state index in [1.807, 2.05) is 0 Å². The second kappa shape index (κ2) is 9.27. The largest absolute Gasteiger partial charge is 0.434 e. The molecule has 0 bridgehead atoms. The molecule has 0 radical (unpaired) electrons. The molecule has 6 nitrogen and oxygen atoms in total. The number of nitrogens with one attached hydrogen (secondary N) is 2. The van der Waals surface area contributed by atoms with Crippen molar-refractivity contribution in [1.82, 2.24) is 19.9 Å². The Hall–Kier alpha value is -2.95. The molecule has 0 saturated carbocycles. The van der Waals surface area contributed by atoms with Crippen LogP contribution < -0.4 is 15.4 Å². The van der Waals surface area contributed by atoms with Gasteiger partial charge in [-0.25, -0.2) is 0 Å². The Kier molecular flexibility index (Phi) is 6.45. The number of benzene rings is 1. The quantitative estimate of drug-likeness (QED) is 0.533. The normalized spacial score (nSPS) is 17.9. The standard InChI is InChI=1S/C21H22F5N5O/c22-19(23)32-17-11-13(21(24,25)26)7-8-15(17)18-16-6-4-10-31(16)20(30-29-18)28-14-5-2-1-3-9-27-12-14/h4,6-8,10-11,14,19,27H,1-3,5,9,12H2,(H,28,30)/t14-/m1/s1.